The zero-order chi connectivity index (χ0) is 57.4. The van der Waals surface area contributed by atoms with E-state index < -0.39 is 0 Å². The number of benzene rings is 12. The highest BCUT2D eigenvalue weighted by molar-refractivity contribution is 6.14. The lowest BCUT2D eigenvalue weighted by Gasteiger charge is -2.16. The predicted molar refractivity (Wildman–Crippen MR) is 354 cm³/mol. The second-order valence-electron chi connectivity index (χ2n) is 21.8. The van der Waals surface area contributed by atoms with E-state index in [0.717, 1.165) is 116 Å². The molecule has 0 unspecified atom stereocenters. The van der Waals surface area contributed by atoms with Crippen LogP contribution >= 0.6 is 0 Å². The van der Waals surface area contributed by atoms with Crippen molar-refractivity contribution in [3.63, 3.8) is 0 Å². The van der Waals surface area contributed by atoms with E-state index in [2.05, 4.69) is 232 Å². The average Bonchev–Trinajstić information content (AvgIpc) is 1.95. The monoisotopic (exact) mass is 1110 g/mol. The van der Waals surface area contributed by atoms with Gasteiger partial charge in [0.15, 0.2) is 34.9 Å². The van der Waals surface area contributed by atoms with E-state index in [1.165, 1.54) is 10.8 Å². The molecule has 0 aliphatic carbocycles. The van der Waals surface area contributed by atoms with Gasteiger partial charge in [-0.2, -0.15) is 0 Å². The molecule has 9 nitrogen and oxygen atoms in total. The Kier molecular flexibility index (Phi) is 11.7. The Morgan fingerprint density at radius 2 is 0.414 bits per heavy atom. The number of fused-ring (bicyclic) bond motifs is 9. The summed E-state index contributed by atoms with van der Waals surface area (Å²) < 4.78 is 7.06. The van der Waals surface area contributed by atoms with Crippen LogP contribution in [0.5, 0.6) is 0 Å². The van der Waals surface area contributed by atoms with E-state index in [-0.39, 0.29) is 0 Å². The molecule has 0 amide bonds. The third-order valence-electron chi connectivity index (χ3n) is 16.8. The van der Waals surface area contributed by atoms with Crippen molar-refractivity contribution in [2.24, 2.45) is 0 Å². The van der Waals surface area contributed by atoms with E-state index in [4.69, 9.17) is 29.9 Å². The van der Waals surface area contributed by atoms with Crippen LogP contribution in [0.1, 0.15) is 0 Å². The maximum Gasteiger partial charge on any atom is 0.166 e. The molecule has 0 radical (unpaired) electrons. The fourth-order valence-electron chi connectivity index (χ4n) is 12.8. The minimum Gasteiger partial charge on any atom is -0.309 e. The van der Waals surface area contributed by atoms with Crippen LogP contribution in [0.4, 0.5) is 0 Å². The molecule has 0 fully saturated rings. The van der Waals surface area contributed by atoms with E-state index in [0.29, 0.717) is 34.9 Å². The van der Waals surface area contributed by atoms with Crippen LogP contribution in [0.3, 0.4) is 0 Å². The molecule has 5 heterocycles. The number of aromatic nitrogens is 9. The molecule has 0 aliphatic heterocycles. The van der Waals surface area contributed by atoms with Crippen LogP contribution in [0.2, 0.25) is 0 Å². The molecule has 0 saturated heterocycles. The lowest BCUT2D eigenvalue weighted by atomic mass is 10.0. The highest BCUT2D eigenvalue weighted by Gasteiger charge is 2.24. The predicted octanol–water partition coefficient (Wildman–Crippen LogP) is 19.0. The van der Waals surface area contributed by atoms with Crippen molar-refractivity contribution in [3.05, 3.63) is 297 Å². The van der Waals surface area contributed by atoms with Gasteiger partial charge in [-0.3, -0.25) is 0 Å². The number of hydrogen-bond donors (Lipinski definition) is 0. The molecule has 0 atom stereocenters. The molecule has 12 aromatic carbocycles. The van der Waals surface area contributed by atoms with E-state index in [1.54, 1.807) is 0 Å². The number of rotatable bonds is 10. The van der Waals surface area contributed by atoms with Gasteiger partial charge in [0.05, 0.1) is 50.2 Å². The third kappa shape index (κ3) is 8.31. The van der Waals surface area contributed by atoms with Crippen LogP contribution in [0.25, 0.3) is 162 Å². The molecule has 0 N–H and O–H groups in total. The number of para-hydroxylation sites is 7. The fourth-order valence-corrected chi connectivity index (χ4v) is 12.8. The molecule has 406 valence electrons. The maximum atomic E-state index is 5.47. The summed E-state index contributed by atoms with van der Waals surface area (Å²) in [4.78, 5) is 31.5. The highest BCUT2D eigenvalue weighted by Crippen LogP contribution is 2.43. The van der Waals surface area contributed by atoms with Gasteiger partial charge in [-0.15, -0.1) is 0 Å². The van der Waals surface area contributed by atoms with E-state index in [1.807, 2.05) is 78.9 Å². The Hall–Kier alpha value is -11.9. The minimum absolute atomic E-state index is 0.575. The molecule has 17 aromatic rings. The van der Waals surface area contributed by atoms with Gasteiger partial charge in [-0.1, -0.05) is 212 Å². The van der Waals surface area contributed by atoms with Gasteiger partial charge in [0.1, 0.15) is 0 Å². The first-order chi connectivity index (χ1) is 43.2. The fraction of sp³-hybridized carbons (Fsp3) is 0. The molecular weight excluding hydrogens is 1060 g/mol. The zero-order valence-electron chi connectivity index (χ0n) is 46.8. The summed E-state index contributed by atoms with van der Waals surface area (Å²) in [5.41, 5.74) is 17.1. The van der Waals surface area contributed by atoms with Gasteiger partial charge in [0.2, 0.25) is 0 Å². The molecule has 17 rings (SSSR count). The Labute approximate surface area is 500 Å². The van der Waals surface area contributed by atoms with Gasteiger partial charge < -0.3 is 13.7 Å². The molecule has 0 bridgehead atoms. The van der Waals surface area contributed by atoms with E-state index in [9.17, 15) is 0 Å². The summed E-state index contributed by atoms with van der Waals surface area (Å²) in [6, 6.07) is 104. The first-order valence-corrected chi connectivity index (χ1v) is 29.2. The molecule has 9 heteroatoms. The molecule has 0 spiro atoms. The van der Waals surface area contributed by atoms with Crippen molar-refractivity contribution in [2.45, 2.75) is 0 Å². The van der Waals surface area contributed by atoms with Crippen molar-refractivity contribution in [3.8, 4) is 96.5 Å². The van der Waals surface area contributed by atoms with Crippen LogP contribution in [-0.4, -0.2) is 43.6 Å². The summed E-state index contributed by atoms with van der Waals surface area (Å²) >= 11 is 0. The molecular formula is C78H49N9. The lowest BCUT2D eigenvalue weighted by Crippen LogP contribution is -2.05. The summed E-state index contributed by atoms with van der Waals surface area (Å²) in [6.45, 7) is 0. The number of hydrogen-bond acceptors (Lipinski definition) is 6. The van der Waals surface area contributed by atoms with Crippen LogP contribution < -0.4 is 0 Å². The molecule has 5 aromatic heterocycles. The quantitative estimate of drug-likeness (QED) is 0.135. The van der Waals surface area contributed by atoms with Gasteiger partial charge in [0, 0.05) is 65.7 Å². The van der Waals surface area contributed by atoms with Gasteiger partial charge in [-0.25, -0.2) is 29.9 Å². The largest absolute Gasteiger partial charge is 0.309 e. The molecule has 0 aliphatic rings. The zero-order valence-corrected chi connectivity index (χ0v) is 46.8. The van der Waals surface area contributed by atoms with Crippen molar-refractivity contribution in [2.75, 3.05) is 0 Å². The van der Waals surface area contributed by atoms with Crippen LogP contribution in [0.15, 0.2) is 297 Å². The molecule has 87 heavy (non-hydrogen) atoms. The Morgan fingerprint density at radius 1 is 0.172 bits per heavy atom. The Bertz CT molecular complexity index is 5420. The van der Waals surface area contributed by atoms with Crippen LogP contribution in [-0.2, 0) is 0 Å². The van der Waals surface area contributed by atoms with Crippen LogP contribution in [0, 0.1) is 0 Å². The summed E-state index contributed by atoms with van der Waals surface area (Å²) in [6.07, 6.45) is 0. The normalized spacial score (nSPS) is 11.7. The van der Waals surface area contributed by atoms with Crippen molar-refractivity contribution >= 4 is 65.4 Å². The van der Waals surface area contributed by atoms with Gasteiger partial charge in [-0.05, 0) is 96.1 Å². The standard InChI is InChI=1S/C78H49N9/c1-4-24-50(25-5-1)73-79-74(51-26-6-2-7-27-51)81-76(80-73)59-34-14-22-42-69(59)86-66-39-19-12-32-57(66)62-48-53(44-46-71(62)86)54-45-47-72-63(49-54)58-33-13-20-40-67(58)87(72)70-43-23-16-36-61(70)78-83-75(52-28-8-3-9-29-52)82-77(84-78)60-35-15-21-41-68(60)85-64-37-17-10-30-55(64)56-31-11-18-38-65(56)85/h1-49H. The second kappa shape index (κ2) is 20.4. The smallest absolute Gasteiger partial charge is 0.166 e. The summed E-state index contributed by atoms with van der Waals surface area (Å²) in [7, 11) is 0. The number of nitrogens with zero attached hydrogens (tertiary/aromatic N) is 9. The van der Waals surface area contributed by atoms with Crippen molar-refractivity contribution in [1.82, 2.24) is 43.6 Å². The maximum absolute atomic E-state index is 5.47. The summed E-state index contributed by atoms with van der Waals surface area (Å²) in [5, 5.41) is 6.95. The lowest BCUT2D eigenvalue weighted by molar-refractivity contribution is 1.06. The van der Waals surface area contributed by atoms with E-state index >= 15 is 0 Å². The van der Waals surface area contributed by atoms with Crippen molar-refractivity contribution < 1.29 is 0 Å². The summed E-state index contributed by atoms with van der Waals surface area (Å²) in [5.74, 6) is 3.59. The molecule has 0 saturated carbocycles. The first-order valence-electron chi connectivity index (χ1n) is 29.2. The van der Waals surface area contributed by atoms with Gasteiger partial charge >= 0.3 is 0 Å². The third-order valence-corrected chi connectivity index (χ3v) is 16.8. The Balaban J connectivity index is 0.798. The Morgan fingerprint density at radius 3 is 0.747 bits per heavy atom. The topological polar surface area (TPSA) is 92.1 Å². The SMILES string of the molecule is c1ccc(-c2nc(-c3ccccc3)nc(-c3ccccc3-n3c4ccccc4c4cc(-c5ccc6c(c5)c5ccccc5n6-c5ccccc5-c5nc(-c6ccccc6)nc(-c6ccccc6-n6c7ccccc7c7ccccc76)n5)ccc43)n2)cc1. The van der Waals surface area contributed by atoms with Crippen molar-refractivity contribution in [1.29, 1.82) is 0 Å². The second-order valence-corrected chi connectivity index (χ2v) is 21.8. The van der Waals surface area contributed by atoms with Gasteiger partial charge in [0.25, 0.3) is 0 Å². The highest BCUT2D eigenvalue weighted by atomic mass is 15.1. The average molecular weight is 1110 g/mol. The first kappa shape index (κ1) is 49.7. The minimum atomic E-state index is 0.575.